The number of rotatable bonds is 3. The summed E-state index contributed by atoms with van der Waals surface area (Å²) in [6.45, 7) is 2.99. The molecule has 0 aliphatic carbocycles. The predicted octanol–water partition coefficient (Wildman–Crippen LogP) is 2.14. The zero-order valence-corrected chi connectivity index (χ0v) is 14.4. The van der Waals surface area contributed by atoms with Crippen molar-refractivity contribution < 1.29 is 14.3 Å². The van der Waals surface area contributed by atoms with E-state index in [0.29, 0.717) is 30.9 Å². The van der Waals surface area contributed by atoms with Gasteiger partial charge in [0, 0.05) is 44.5 Å². The van der Waals surface area contributed by atoms with Gasteiger partial charge in [0.05, 0.1) is 18.7 Å². The van der Waals surface area contributed by atoms with Crippen LogP contribution < -0.4 is 4.74 Å². The van der Waals surface area contributed by atoms with Crippen molar-refractivity contribution in [3.63, 3.8) is 0 Å². The third-order valence-electron chi connectivity index (χ3n) is 4.49. The van der Waals surface area contributed by atoms with E-state index < -0.39 is 0 Å². The largest absolute Gasteiger partial charge is 0.496 e. The second-order valence-corrected chi connectivity index (χ2v) is 5.96. The zero-order valence-electron chi connectivity index (χ0n) is 14.4. The Kier molecular flexibility index (Phi) is 4.97. The van der Waals surface area contributed by atoms with Crippen molar-refractivity contribution in [3.8, 4) is 5.75 Å². The van der Waals surface area contributed by atoms with Gasteiger partial charge in [0.2, 0.25) is 5.91 Å². The summed E-state index contributed by atoms with van der Waals surface area (Å²) in [5.41, 5.74) is 1.44. The monoisotopic (exact) mass is 339 g/mol. The number of methoxy groups -OCH3 is 1. The quantitative estimate of drug-likeness (QED) is 0.859. The third kappa shape index (κ3) is 3.47. The molecule has 25 heavy (non-hydrogen) atoms. The molecule has 0 saturated carbocycles. The van der Waals surface area contributed by atoms with Crippen molar-refractivity contribution in [2.75, 3.05) is 26.7 Å². The molecule has 0 N–H and O–H groups in total. The molecule has 0 bridgehead atoms. The Balaban J connectivity index is 1.98. The van der Waals surface area contributed by atoms with Crippen LogP contribution in [0.2, 0.25) is 0 Å². The first-order chi connectivity index (χ1) is 12.1. The van der Waals surface area contributed by atoms with Crippen LogP contribution in [0.5, 0.6) is 5.75 Å². The van der Waals surface area contributed by atoms with E-state index in [0.717, 1.165) is 5.56 Å². The van der Waals surface area contributed by atoms with E-state index in [9.17, 15) is 9.59 Å². The molecule has 1 aromatic carbocycles. The van der Waals surface area contributed by atoms with Gasteiger partial charge in [0.25, 0.3) is 5.91 Å². The fraction of sp³-hybridized carbons (Fsp3) is 0.316. The lowest BCUT2D eigenvalue weighted by Crippen LogP contribution is -2.52. The predicted molar refractivity (Wildman–Crippen MR) is 93.3 cm³/mol. The molecule has 2 aromatic rings. The highest BCUT2D eigenvalue weighted by Gasteiger charge is 2.34. The van der Waals surface area contributed by atoms with E-state index in [1.54, 1.807) is 48.4 Å². The van der Waals surface area contributed by atoms with E-state index in [1.807, 2.05) is 24.3 Å². The number of para-hydroxylation sites is 1. The average Bonchev–Trinajstić information content (AvgIpc) is 2.67. The first-order valence-electron chi connectivity index (χ1n) is 8.21. The molecule has 1 fully saturated rings. The Morgan fingerprint density at radius 3 is 2.64 bits per heavy atom. The van der Waals surface area contributed by atoms with Crippen molar-refractivity contribution >= 4 is 11.8 Å². The molecule has 6 heteroatoms. The van der Waals surface area contributed by atoms with Crippen LogP contribution in [0.1, 0.15) is 28.9 Å². The van der Waals surface area contributed by atoms with Gasteiger partial charge in [0.1, 0.15) is 5.75 Å². The first kappa shape index (κ1) is 17.0. The first-order valence-corrected chi connectivity index (χ1v) is 8.21. The maximum atomic E-state index is 13.0. The zero-order chi connectivity index (χ0) is 17.8. The highest BCUT2D eigenvalue weighted by molar-refractivity contribution is 5.94. The number of benzene rings is 1. The Morgan fingerprint density at radius 2 is 1.96 bits per heavy atom. The summed E-state index contributed by atoms with van der Waals surface area (Å²) >= 11 is 0. The summed E-state index contributed by atoms with van der Waals surface area (Å²) in [4.78, 5) is 32.5. The van der Waals surface area contributed by atoms with Crippen LogP contribution in [0.4, 0.5) is 0 Å². The molecule has 0 spiro atoms. The average molecular weight is 339 g/mol. The van der Waals surface area contributed by atoms with Gasteiger partial charge in [-0.25, -0.2) is 0 Å². The van der Waals surface area contributed by atoms with Crippen molar-refractivity contribution in [1.29, 1.82) is 0 Å². The van der Waals surface area contributed by atoms with Crippen LogP contribution in [0, 0.1) is 0 Å². The van der Waals surface area contributed by atoms with Crippen LogP contribution in [0.15, 0.2) is 48.8 Å². The minimum Gasteiger partial charge on any atom is -0.496 e. The number of nitrogens with zero attached hydrogens (tertiary/aromatic N) is 3. The van der Waals surface area contributed by atoms with Gasteiger partial charge in [-0.1, -0.05) is 18.2 Å². The molecule has 0 radical (unpaired) electrons. The molecule has 6 nitrogen and oxygen atoms in total. The van der Waals surface area contributed by atoms with Crippen LogP contribution in [0.25, 0.3) is 0 Å². The second-order valence-electron chi connectivity index (χ2n) is 5.96. The van der Waals surface area contributed by atoms with Gasteiger partial charge >= 0.3 is 0 Å². The van der Waals surface area contributed by atoms with Crippen LogP contribution in [0.3, 0.4) is 0 Å². The molecular formula is C19H21N3O3. The fourth-order valence-corrected chi connectivity index (χ4v) is 3.18. The number of aromatic nitrogens is 1. The van der Waals surface area contributed by atoms with E-state index in [-0.39, 0.29) is 17.9 Å². The maximum Gasteiger partial charge on any atom is 0.256 e. The van der Waals surface area contributed by atoms with E-state index in [1.165, 1.54) is 0 Å². The molecule has 1 aromatic heterocycles. The lowest BCUT2D eigenvalue weighted by Gasteiger charge is -2.41. The van der Waals surface area contributed by atoms with Gasteiger partial charge in [0.15, 0.2) is 0 Å². The number of hydrogen-bond donors (Lipinski definition) is 0. The Bertz CT molecular complexity index is 764. The van der Waals surface area contributed by atoms with E-state index in [2.05, 4.69) is 4.98 Å². The SMILES string of the molecule is COc1ccccc1[C@H]1CN(C(C)=O)CCN1C(=O)c1cccnc1. The van der Waals surface area contributed by atoms with Gasteiger partial charge in [-0.05, 0) is 18.2 Å². The summed E-state index contributed by atoms with van der Waals surface area (Å²) in [5, 5.41) is 0. The number of carbonyl (C=O) groups is 2. The molecule has 0 unspecified atom stereocenters. The fourth-order valence-electron chi connectivity index (χ4n) is 3.18. The van der Waals surface area contributed by atoms with Crippen LogP contribution >= 0.6 is 0 Å². The molecule has 3 rings (SSSR count). The minimum absolute atomic E-state index is 0.00775. The summed E-state index contributed by atoms with van der Waals surface area (Å²) in [5.74, 6) is 0.627. The van der Waals surface area contributed by atoms with Crippen molar-refractivity contribution in [3.05, 3.63) is 59.9 Å². The summed E-state index contributed by atoms with van der Waals surface area (Å²) < 4.78 is 5.47. The highest BCUT2D eigenvalue weighted by Crippen LogP contribution is 2.33. The second kappa shape index (κ2) is 7.34. The number of amides is 2. The number of pyridine rings is 1. The Labute approximate surface area is 147 Å². The van der Waals surface area contributed by atoms with E-state index >= 15 is 0 Å². The number of carbonyl (C=O) groups excluding carboxylic acids is 2. The molecule has 1 aliphatic rings. The molecule has 1 aliphatic heterocycles. The lowest BCUT2D eigenvalue weighted by molar-refractivity contribution is -0.131. The normalized spacial score (nSPS) is 17.3. The lowest BCUT2D eigenvalue weighted by atomic mass is 10.00. The van der Waals surface area contributed by atoms with Crippen LogP contribution in [-0.2, 0) is 4.79 Å². The molecular weight excluding hydrogens is 318 g/mol. The maximum absolute atomic E-state index is 13.0. The van der Waals surface area contributed by atoms with Gasteiger partial charge in [-0.2, -0.15) is 0 Å². The minimum atomic E-state index is -0.262. The molecule has 2 amide bonds. The molecule has 1 saturated heterocycles. The van der Waals surface area contributed by atoms with E-state index in [4.69, 9.17) is 4.74 Å². The number of piperazine rings is 1. The van der Waals surface area contributed by atoms with Gasteiger partial charge < -0.3 is 14.5 Å². The molecule has 130 valence electrons. The smallest absolute Gasteiger partial charge is 0.256 e. The third-order valence-corrected chi connectivity index (χ3v) is 4.49. The van der Waals surface area contributed by atoms with Crippen molar-refractivity contribution in [2.45, 2.75) is 13.0 Å². The Hall–Kier alpha value is -2.89. The molecule has 1 atom stereocenters. The highest BCUT2D eigenvalue weighted by atomic mass is 16.5. The molecule has 2 heterocycles. The Morgan fingerprint density at radius 1 is 1.16 bits per heavy atom. The summed E-state index contributed by atoms with van der Waals surface area (Å²) in [7, 11) is 1.61. The van der Waals surface area contributed by atoms with Crippen LogP contribution in [-0.4, -0.2) is 53.3 Å². The summed E-state index contributed by atoms with van der Waals surface area (Å²) in [6.07, 6.45) is 3.21. The number of ether oxygens (including phenoxy) is 1. The summed E-state index contributed by atoms with van der Waals surface area (Å²) in [6, 6.07) is 10.9. The van der Waals surface area contributed by atoms with Crippen molar-refractivity contribution in [2.24, 2.45) is 0 Å². The standard InChI is InChI=1S/C19H21N3O3/c1-14(23)21-10-11-22(19(24)15-6-5-9-20-12-15)17(13-21)16-7-3-4-8-18(16)25-2/h3-9,12,17H,10-11,13H2,1-2H3/t17-/m1/s1. The topological polar surface area (TPSA) is 62.7 Å². The van der Waals surface area contributed by atoms with Gasteiger partial charge in [-0.15, -0.1) is 0 Å². The van der Waals surface area contributed by atoms with Crippen molar-refractivity contribution in [1.82, 2.24) is 14.8 Å². The van der Waals surface area contributed by atoms with Gasteiger partial charge in [-0.3, -0.25) is 14.6 Å². The number of hydrogen-bond acceptors (Lipinski definition) is 4.